The third-order valence-corrected chi connectivity index (χ3v) is 5.87. The maximum absolute atomic E-state index is 12.7. The van der Waals surface area contributed by atoms with Crippen molar-refractivity contribution in [3.8, 4) is 0 Å². The summed E-state index contributed by atoms with van der Waals surface area (Å²) >= 11 is 6.27. The molecule has 4 rings (SSSR count). The van der Waals surface area contributed by atoms with E-state index in [4.69, 9.17) is 11.6 Å². The number of nitrogens with one attached hydrogen (secondary N) is 1. The predicted molar refractivity (Wildman–Crippen MR) is 91.5 cm³/mol. The Hall–Kier alpha value is -1.59. The highest BCUT2D eigenvalue weighted by molar-refractivity contribution is 6.31. The molecule has 5 nitrogen and oxygen atoms in total. The van der Waals surface area contributed by atoms with Crippen LogP contribution in [-0.4, -0.2) is 52.8 Å². The largest absolute Gasteiger partial charge is 0.344 e. The summed E-state index contributed by atoms with van der Waals surface area (Å²) in [6, 6.07) is 8.29. The molecule has 0 spiro atoms. The lowest BCUT2D eigenvalue weighted by Crippen LogP contribution is -2.55. The monoisotopic (exact) mass is 347 g/mol. The molecule has 0 unspecified atom stereocenters. The van der Waals surface area contributed by atoms with Crippen molar-refractivity contribution >= 4 is 23.4 Å². The van der Waals surface area contributed by atoms with E-state index in [1.54, 1.807) is 0 Å². The Balaban J connectivity index is 1.38. The van der Waals surface area contributed by atoms with Crippen molar-refractivity contribution in [3.63, 3.8) is 0 Å². The van der Waals surface area contributed by atoms with Gasteiger partial charge in [0, 0.05) is 43.2 Å². The Labute approximate surface area is 146 Å². The van der Waals surface area contributed by atoms with Crippen LogP contribution in [0.4, 0.5) is 0 Å². The number of piperidine rings is 1. The van der Waals surface area contributed by atoms with E-state index in [0.717, 1.165) is 49.5 Å². The van der Waals surface area contributed by atoms with Crippen LogP contribution in [0, 0.1) is 0 Å². The van der Waals surface area contributed by atoms with Crippen LogP contribution in [0.1, 0.15) is 31.2 Å². The smallest absolute Gasteiger partial charge is 0.245 e. The SMILES string of the molecule is O=C1CCC[C@H](C(=O)N2C[C@@H]3C[C@H]2CN3Cc2ccccc2Cl)N1. The number of piperazine rings is 1. The summed E-state index contributed by atoms with van der Waals surface area (Å²) in [7, 11) is 0. The van der Waals surface area contributed by atoms with Gasteiger partial charge in [0.05, 0.1) is 0 Å². The van der Waals surface area contributed by atoms with Crippen LogP contribution in [0.5, 0.6) is 0 Å². The van der Waals surface area contributed by atoms with Crippen LogP contribution in [0.3, 0.4) is 0 Å². The number of amides is 2. The van der Waals surface area contributed by atoms with E-state index in [0.29, 0.717) is 12.5 Å². The summed E-state index contributed by atoms with van der Waals surface area (Å²) in [5.74, 6) is 0.109. The number of halogens is 1. The van der Waals surface area contributed by atoms with Gasteiger partial charge in [0.2, 0.25) is 11.8 Å². The van der Waals surface area contributed by atoms with E-state index in [9.17, 15) is 9.59 Å². The first-order valence-corrected chi connectivity index (χ1v) is 9.07. The number of fused-ring (bicyclic) bond motifs is 2. The lowest BCUT2D eigenvalue weighted by Gasteiger charge is -2.37. The van der Waals surface area contributed by atoms with Gasteiger partial charge in [-0.1, -0.05) is 29.8 Å². The fraction of sp³-hybridized carbons (Fsp3) is 0.556. The first-order chi connectivity index (χ1) is 11.6. The summed E-state index contributed by atoms with van der Waals surface area (Å²) in [4.78, 5) is 28.7. The van der Waals surface area contributed by atoms with Crippen LogP contribution in [0.15, 0.2) is 24.3 Å². The third-order valence-electron chi connectivity index (χ3n) is 5.50. The molecular formula is C18H22ClN3O2. The summed E-state index contributed by atoms with van der Waals surface area (Å²) in [6.45, 7) is 2.49. The quantitative estimate of drug-likeness (QED) is 0.907. The van der Waals surface area contributed by atoms with Crippen LogP contribution < -0.4 is 5.32 Å². The predicted octanol–water partition coefficient (Wildman–Crippen LogP) is 1.79. The normalized spacial score (nSPS) is 29.8. The number of hydrogen-bond donors (Lipinski definition) is 1. The molecule has 1 N–H and O–H groups in total. The zero-order chi connectivity index (χ0) is 16.7. The Morgan fingerprint density at radius 2 is 2.08 bits per heavy atom. The minimum absolute atomic E-state index is 0.00398. The topological polar surface area (TPSA) is 52.7 Å². The van der Waals surface area contributed by atoms with E-state index in [1.165, 1.54) is 0 Å². The molecule has 0 saturated carbocycles. The zero-order valence-corrected chi connectivity index (χ0v) is 14.3. The molecular weight excluding hydrogens is 326 g/mol. The molecule has 24 heavy (non-hydrogen) atoms. The Morgan fingerprint density at radius 1 is 1.25 bits per heavy atom. The zero-order valence-electron chi connectivity index (χ0n) is 13.6. The number of nitrogens with zero attached hydrogens (tertiary/aromatic N) is 2. The molecule has 3 atom stereocenters. The first kappa shape index (κ1) is 15.9. The fourth-order valence-electron chi connectivity index (χ4n) is 4.25. The Kier molecular flexibility index (Phi) is 4.22. The second-order valence-corrected chi connectivity index (χ2v) is 7.47. The minimum atomic E-state index is -0.317. The molecule has 0 radical (unpaired) electrons. The number of likely N-dealkylation sites (tertiary alicyclic amines) is 2. The number of benzene rings is 1. The average molecular weight is 348 g/mol. The Morgan fingerprint density at radius 3 is 2.79 bits per heavy atom. The van der Waals surface area contributed by atoms with E-state index in [-0.39, 0.29) is 23.9 Å². The van der Waals surface area contributed by atoms with Crippen LogP contribution in [-0.2, 0) is 16.1 Å². The second kappa shape index (κ2) is 6.37. The van der Waals surface area contributed by atoms with Gasteiger partial charge in [0.25, 0.3) is 0 Å². The van der Waals surface area contributed by atoms with Crippen molar-refractivity contribution < 1.29 is 9.59 Å². The maximum Gasteiger partial charge on any atom is 0.245 e. The van der Waals surface area contributed by atoms with Crippen LogP contribution in [0.2, 0.25) is 5.02 Å². The molecule has 3 aliphatic heterocycles. The van der Waals surface area contributed by atoms with E-state index in [2.05, 4.69) is 16.3 Å². The first-order valence-electron chi connectivity index (χ1n) is 8.69. The molecule has 1 aromatic rings. The van der Waals surface area contributed by atoms with Crippen molar-refractivity contribution in [1.29, 1.82) is 0 Å². The van der Waals surface area contributed by atoms with E-state index >= 15 is 0 Å². The fourth-order valence-corrected chi connectivity index (χ4v) is 4.44. The summed E-state index contributed by atoms with van der Waals surface area (Å²) in [5, 5.41) is 3.65. The second-order valence-electron chi connectivity index (χ2n) is 7.07. The van der Waals surface area contributed by atoms with Crippen molar-refractivity contribution in [2.75, 3.05) is 13.1 Å². The molecule has 2 amide bonds. The number of hydrogen-bond acceptors (Lipinski definition) is 3. The van der Waals surface area contributed by atoms with Gasteiger partial charge < -0.3 is 10.2 Å². The van der Waals surface area contributed by atoms with Crippen molar-refractivity contribution in [2.24, 2.45) is 0 Å². The van der Waals surface area contributed by atoms with Gasteiger partial charge in [0.1, 0.15) is 6.04 Å². The van der Waals surface area contributed by atoms with Gasteiger partial charge >= 0.3 is 0 Å². The molecule has 3 heterocycles. The number of carbonyl (C=O) groups excluding carboxylic acids is 2. The van der Waals surface area contributed by atoms with Crippen molar-refractivity contribution in [2.45, 2.75) is 50.4 Å². The molecule has 3 aliphatic rings. The van der Waals surface area contributed by atoms with Crippen molar-refractivity contribution in [1.82, 2.24) is 15.1 Å². The van der Waals surface area contributed by atoms with Gasteiger partial charge in [0.15, 0.2) is 0 Å². The Bertz CT molecular complexity index is 665. The average Bonchev–Trinajstić information content (AvgIpc) is 3.16. The van der Waals surface area contributed by atoms with E-state index < -0.39 is 0 Å². The van der Waals surface area contributed by atoms with Gasteiger partial charge in [-0.3, -0.25) is 14.5 Å². The highest BCUT2D eigenvalue weighted by atomic mass is 35.5. The number of carbonyl (C=O) groups is 2. The maximum atomic E-state index is 12.7. The molecule has 3 fully saturated rings. The molecule has 0 aromatic heterocycles. The lowest BCUT2D eigenvalue weighted by atomic mass is 10.0. The minimum Gasteiger partial charge on any atom is -0.344 e. The van der Waals surface area contributed by atoms with Crippen LogP contribution in [0.25, 0.3) is 0 Å². The molecule has 1 aromatic carbocycles. The molecule has 0 aliphatic carbocycles. The molecule has 3 saturated heterocycles. The van der Waals surface area contributed by atoms with Gasteiger partial charge in [-0.15, -0.1) is 0 Å². The summed E-state index contributed by atoms with van der Waals surface area (Å²) in [5.41, 5.74) is 1.14. The third kappa shape index (κ3) is 2.91. The summed E-state index contributed by atoms with van der Waals surface area (Å²) < 4.78 is 0. The van der Waals surface area contributed by atoms with Gasteiger partial charge in [-0.2, -0.15) is 0 Å². The van der Waals surface area contributed by atoms with Gasteiger partial charge in [-0.05, 0) is 30.9 Å². The lowest BCUT2D eigenvalue weighted by molar-refractivity contribution is -0.140. The molecule has 2 bridgehead atoms. The summed E-state index contributed by atoms with van der Waals surface area (Å²) in [6.07, 6.45) is 3.14. The highest BCUT2D eigenvalue weighted by Gasteiger charge is 2.46. The van der Waals surface area contributed by atoms with Crippen LogP contribution >= 0.6 is 11.6 Å². The standard InChI is InChI=1S/C18H22ClN3O2/c19-15-5-2-1-4-12(15)9-21-10-14-8-13(21)11-22(14)18(24)16-6-3-7-17(23)20-16/h1-2,4-5,13-14,16H,3,6-11H2,(H,20,23)/t13-,14-,16+/m0/s1. The highest BCUT2D eigenvalue weighted by Crippen LogP contribution is 2.33. The van der Waals surface area contributed by atoms with Gasteiger partial charge in [-0.25, -0.2) is 0 Å². The van der Waals surface area contributed by atoms with Crippen molar-refractivity contribution in [3.05, 3.63) is 34.9 Å². The van der Waals surface area contributed by atoms with E-state index in [1.807, 2.05) is 23.1 Å². The molecule has 128 valence electrons. The molecule has 6 heteroatoms. The number of rotatable bonds is 3.